The molecule has 0 radical (unpaired) electrons. The zero-order chi connectivity index (χ0) is 12.5. The predicted molar refractivity (Wildman–Crippen MR) is 77.1 cm³/mol. The lowest BCUT2D eigenvalue weighted by atomic mass is 10.2. The smallest absolute Gasteiger partial charge is 0.254 e. The van der Waals surface area contributed by atoms with E-state index >= 15 is 0 Å². The number of carbonyl (C=O) groups excluding carboxylic acids is 1. The maximum Gasteiger partial charge on any atom is 0.254 e. The normalized spacial score (nSPS) is 24.9. The molecule has 2 fully saturated rings. The van der Waals surface area contributed by atoms with Crippen LogP contribution in [0.25, 0.3) is 0 Å². The monoisotopic (exact) mass is 328 g/mol. The first kappa shape index (κ1) is 12.6. The van der Waals surface area contributed by atoms with E-state index in [0.717, 1.165) is 35.4 Å². The summed E-state index contributed by atoms with van der Waals surface area (Å²) in [7, 11) is 0. The zero-order valence-corrected chi connectivity index (χ0v) is 12.7. The number of thiophene rings is 1. The van der Waals surface area contributed by atoms with E-state index in [1.165, 1.54) is 19.4 Å². The molecular weight excluding hydrogens is 312 g/mol. The molecule has 0 spiro atoms. The van der Waals surface area contributed by atoms with E-state index in [9.17, 15) is 4.79 Å². The molecule has 0 aromatic carbocycles. The van der Waals surface area contributed by atoms with Crippen LogP contribution in [-0.2, 0) is 0 Å². The summed E-state index contributed by atoms with van der Waals surface area (Å²) in [6.07, 6.45) is 3.64. The first-order chi connectivity index (χ1) is 8.74. The van der Waals surface area contributed by atoms with Crippen LogP contribution < -0.4 is 0 Å². The number of hydrogen-bond acceptors (Lipinski definition) is 3. The van der Waals surface area contributed by atoms with Crippen molar-refractivity contribution < 1.29 is 4.79 Å². The molecule has 0 aliphatic carbocycles. The highest BCUT2D eigenvalue weighted by molar-refractivity contribution is 9.11. The Morgan fingerprint density at radius 1 is 1.33 bits per heavy atom. The summed E-state index contributed by atoms with van der Waals surface area (Å²) in [6, 6.07) is 2.53. The molecule has 2 saturated heterocycles. The lowest BCUT2D eigenvalue weighted by Crippen LogP contribution is -2.39. The van der Waals surface area contributed by atoms with Gasteiger partial charge in [-0.3, -0.25) is 9.69 Å². The molecule has 1 atom stereocenters. The van der Waals surface area contributed by atoms with E-state index in [1.54, 1.807) is 11.3 Å². The average molecular weight is 329 g/mol. The fourth-order valence-corrected chi connectivity index (χ4v) is 4.13. The van der Waals surface area contributed by atoms with E-state index in [1.807, 2.05) is 16.3 Å². The minimum Gasteiger partial charge on any atom is -0.337 e. The summed E-state index contributed by atoms with van der Waals surface area (Å²) in [6.45, 7) is 4.18. The minimum absolute atomic E-state index is 0.200. The fraction of sp³-hybridized carbons (Fsp3) is 0.615. The van der Waals surface area contributed by atoms with Crippen LogP contribution in [-0.4, -0.2) is 47.9 Å². The van der Waals surface area contributed by atoms with Crippen LogP contribution in [0, 0.1) is 0 Å². The van der Waals surface area contributed by atoms with Crippen LogP contribution in [0.5, 0.6) is 0 Å². The first-order valence-electron chi connectivity index (χ1n) is 6.51. The number of halogens is 1. The standard InChI is InChI=1S/C13H17BrN2OS/c14-12-7-10(9-18-12)13(17)16-6-2-5-15-4-1-3-11(15)8-16/h7,9,11H,1-6,8H2. The Bertz CT molecular complexity index is 448. The van der Waals surface area contributed by atoms with Gasteiger partial charge in [-0.1, -0.05) is 0 Å². The van der Waals surface area contributed by atoms with Gasteiger partial charge in [-0.05, 0) is 47.8 Å². The van der Waals surface area contributed by atoms with Crippen molar-refractivity contribution >= 4 is 33.2 Å². The van der Waals surface area contributed by atoms with Gasteiger partial charge in [0.15, 0.2) is 0 Å². The van der Waals surface area contributed by atoms with Gasteiger partial charge in [0, 0.05) is 31.1 Å². The van der Waals surface area contributed by atoms with Gasteiger partial charge < -0.3 is 4.90 Å². The van der Waals surface area contributed by atoms with Gasteiger partial charge in [0.25, 0.3) is 5.91 Å². The Hall–Kier alpha value is -0.390. The molecule has 1 aromatic rings. The number of fused-ring (bicyclic) bond motifs is 1. The molecule has 2 aliphatic rings. The van der Waals surface area contributed by atoms with Crippen molar-refractivity contribution in [1.29, 1.82) is 0 Å². The lowest BCUT2D eigenvalue weighted by molar-refractivity contribution is 0.0744. The van der Waals surface area contributed by atoms with Crippen molar-refractivity contribution in [3.63, 3.8) is 0 Å². The Morgan fingerprint density at radius 3 is 2.94 bits per heavy atom. The summed E-state index contributed by atoms with van der Waals surface area (Å²) in [5.41, 5.74) is 0.832. The Balaban J connectivity index is 1.73. The number of nitrogens with zero attached hydrogens (tertiary/aromatic N) is 2. The van der Waals surface area contributed by atoms with Gasteiger partial charge in [0.2, 0.25) is 0 Å². The molecule has 1 unspecified atom stereocenters. The molecule has 0 bridgehead atoms. The minimum atomic E-state index is 0.200. The van der Waals surface area contributed by atoms with Crippen LogP contribution in [0.15, 0.2) is 15.2 Å². The molecule has 3 nitrogen and oxygen atoms in total. The van der Waals surface area contributed by atoms with Gasteiger partial charge in [0.1, 0.15) is 0 Å². The fourth-order valence-electron chi connectivity index (χ4n) is 3.00. The summed E-state index contributed by atoms with van der Waals surface area (Å²) >= 11 is 5.00. The second-order valence-corrected chi connectivity index (χ2v) is 7.37. The SMILES string of the molecule is O=C(c1csc(Br)c1)N1CCCN2CCCC2C1. The van der Waals surface area contributed by atoms with Gasteiger partial charge in [-0.15, -0.1) is 11.3 Å². The van der Waals surface area contributed by atoms with E-state index in [-0.39, 0.29) is 5.91 Å². The molecule has 5 heteroatoms. The third-order valence-corrected chi connectivity index (χ3v) is 5.41. The predicted octanol–water partition coefficient (Wildman–Crippen LogP) is 2.82. The van der Waals surface area contributed by atoms with E-state index in [0.29, 0.717) is 6.04 Å². The summed E-state index contributed by atoms with van der Waals surface area (Å²) in [4.78, 5) is 17.0. The van der Waals surface area contributed by atoms with Crippen molar-refractivity contribution in [2.75, 3.05) is 26.2 Å². The highest BCUT2D eigenvalue weighted by atomic mass is 79.9. The quantitative estimate of drug-likeness (QED) is 0.791. The molecule has 0 saturated carbocycles. The second kappa shape index (κ2) is 5.31. The van der Waals surface area contributed by atoms with Crippen LogP contribution in [0.4, 0.5) is 0 Å². The summed E-state index contributed by atoms with van der Waals surface area (Å²) in [5.74, 6) is 0.200. The van der Waals surface area contributed by atoms with Crippen molar-refractivity contribution in [3.05, 3.63) is 20.8 Å². The third-order valence-electron chi connectivity index (χ3n) is 3.91. The molecule has 3 rings (SSSR count). The van der Waals surface area contributed by atoms with E-state index in [2.05, 4.69) is 20.8 Å². The van der Waals surface area contributed by atoms with Crippen LogP contribution in [0.3, 0.4) is 0 Å². The number of rotatable bonds is 1. The Kier molecular flexibility index (Phi) is 3.73. The number of amides is 1. The van der Waals surface area contributed by atoms with Crippen LogP contribution in [0.2, 0.25) is 0 Å². The molecule has 98 valence electrons. The van der Waals surface area contributed by atoms with Crippen molar-refractivity contribution in [2.24, 2.45) is 0 Å². The summed E-state index contributed by atoms with van der Waals surface area (Å²) < 4.78 is 1.03. The van der Waals surface area contributed by atoms with Gasteiger partial charge >= 0.3 is 0 Å². The average Bonchev–Trinajstić information content (AvgIpc) is 2.93. The molecule has 0 N–H and O–H groups in total. The van der Waals surface area contributed by atoms with E-state index < -0.39 is 0 Å². The lowest BCUT2D eigenvalue weighted by Gasteiger charge is -2.25. The van der Waals surface area contributed by atoms with Crippen molar-refractivity contribution in [3.8, 4) is 0 Å². The highest BCUT2D eigenvalue weighted by Crippen LogP contribution is 2.25. The summed E-state index contributed by atoms with van der Waals surface area (Å²) in [5, 5.41) is 1.95. The van der Waals surface area contributed by atoms with E-state index in [4.69, 9.17) is 0 Å². The first-order valence-corrected chi connectivity index (χ1v) is 8.18. The highest BCUT2D eigenvalue weighted by Gasteiger charge is 2.30. The van der Waals surface area contributed by atoms with Crippen molar-refractivity contribution in [2.45, 2.75) is 25.3 Å². The Morgan fingerprint density at radius 2 is 2.17 bits per heavy atom. The molecule has 2 aliphatic heterocycles. The topological polar surface area (TPSA) is 23.6 Å². The van der Waals surface area contributed by atoms with Crippen molar-refractivity contribution in [1.82, 2.24) is 9.80 Å². The molecule has 18 heavy (non-hydrogen) atoms. The molecule has 1 aromatic heterocycles. The maximum absolute atomic E-state index is 12.4. The second-order valence-electron chi connectivity index (χ2n) is 5.08. The molecule has 3 heterocycles. The van der Waals surface area contributed by atoms with Gasteiger partial charge in [0.05, 0.1) is 9.35 Å². The number of hydrogen-bond donors (Lipinski definition) is 0. The van der Waals surface area contributed by atoms with Crippen LogP contribution in [0.1, 0.15) is 29.6 Å². The van der Waals surface area contributed by atoms with Crippen LogP contribution >= 0.6 is 27.3 Å². The zero-order valence-electron chi connectivity index (χ0n) is 10.3. The van der Waals surface area contributed by atoms with Gasteiger partial charge in [-0.25, -0.2) is 0 Å². The maximum atomic E-state index is 12.4. The molecule has 1 amide bonds. The Labute approximate surface area is 120 Å². The van der Waals surface area contributed by atoms with Gasteiger partial charge in [-0.2, -0.15) is 0 Å². The number of carbonyl (C=O) groups is 1. The largest absolute Gasteiger partial charge is 0.337 e. The molecular formula is C13H17BrN2OS. The third kappa shape index (κ3) is 2.49.